The number of benzene rings is 2. The normalized spacial score (nSPS) is 17.8. The summed E-state index contributed by atoms with van der Waals surface area (Å²) in [6, 6.07) is 11.3. The predicted molar refractivity (Wildman–Crippen MR) is 137 cm³/mol. The third-order valence-electron chi connectivity index (χ3n) is 7.09. The summed E-state index contributed by atoms with van der Waals surface area (Å²) >= 11 is 0. The van der Waals surface area contributed by atoms with Crippen molar-refractivity contribution < 1.29 is 13.5 Å². The van der Waals surface area contributed by atoms with Crippen LogP contribution in [-0.2, 0) is 0 Å². The highest BCUT2D eigenvalue weighted by Crippen LogP contribution is 2.37. The first-order chi connectivity index (χ1) is 16.6. The average molecular weight is 467 g/mol. The highest BCUT2D eigenvalue weighted by atomic mass is 19.2. The van der Waals surface area contributed by atoms with Crippen LogP contribution in [0.2, 0.25) is 0 Å². The third kappa shape index (κ3) is 7.86. The van der Waals surface area contributed by atoms with Crippen molar-refractivity contribution >= 4 is 0 Å². The average Bonchev–Trinajstić information content (AvgIpc) is 2.87. The van der Waals surface area contributed by atoms with E-state index in [4.69, 9.17) is 4.74 Å². The number of hydrogen-bond donors (Lipinski definition) is 0. The van der Waals surface area contributed by atoms with Gasteiger partial charge in [-0.25, -0.2) is 4.39 Å². The van der Waals surface area contributed by atoms with Crippen LogP contribution in [0.3, 0.4) is 0 Å². The maximum Gasteiger partial charge on any atom is 0.201 e. The van der Waals surface area contributed by atoms with E-state index in [1.165, 1.54) is 81.9 Å². The first-order valence-electron chi connectivity index (χ1n) is 13.3. The van der Waals surface area contributed by atoms with E-state index in [-0.39, 0.29) is 11.3 Å². The second-order valence-corrected chi connectivity index (χ2v) is 9.73. The number of ether oxygens (including phenoxy) is 1. The van der Waals surface area contributed by atoms with E-state index >= 15 is 0 Å². The van der Waals surface area contributed by atoms with Crippen molar-refractivity contribution in [2.24, 2.45) is 5.92 Å². The summed E-state index contributed by atoms with van der Waals surface area (Å²) in [6.45, 7) is 4.67. The van der Waals surface area contributed by atoms with E-state index in [0.29, 0.717) is 12.5 Å². The molecule has 0 aromatic heterocycles. The molecule has 0 unspecified atom stereocenters. The molecule has 3 rings (SSSR count). The third-order valence-corrected chi connectivity index (χ3v) is 7.09. The van der Waals surface area contributed by atoms with Crippen molar-refractivity contribution in [3.05, 3.63) is 64.7 Å². The molecular formula is C31H40F2O. The zero-order valence-corrected chi connectivity index (χ0v) is 21.0. The van der Waals surface area contributed by atoms with Crippen LogP contribution in [0, 0.1) is 29.4 Å². The zero-order valence-electron chi connectivity index (χ0n) is 21.0. The van der Waals surface area contributed by atoms with Gasteiger partial charge in [0.1, 0.15) is 0 Å². The smallest absolute Gasteiger partial charge is 0.201 e. The van der Waals surface area contributed by atoms with Gasteiger partial charge < -0.3 is 4.74 Å². The molecule has 1 aliphatic carbocycles. The summed E-state index contributed by atoms with van der Waals surface area (Å²) in [5.74, 6) is 5.34. The molecule has 0 amide bonds. The van der Waals surface area contributed by atoms with Gasteiger partial charge in [0.2, 0.25) is 5.82 Å². The summed E-state index contributed by atoms with van der Waals surface area (Å²) in [5, 5.41) is 0. The molecule has 1 nitrogen and oxygen atoms in total. The lowest BCUT2D eigenvalue weighted by molar-refractivity contribution is 0.288. The SMILES string of the molecule is CCCCCCC[C@H]1CC[C@H](c2ccc(C#Cc3ccc(OCCCC)c(F)c3F)cc2)CC1. The van der Waals surface area contributed by atoms with Crippen molar-refractivity contribution in [1.82, 2.24) is 0 Å². The van der Waals surface area contributed by atoms with Gasteiger partial charge in [0.15, 0.2) is 11.6 Å². The largest absolute Gasteiger partial charge is 0.490 e. The Balaban J connectivity index is 1.51. The fourth-order valence-corrected chi connectivity index (χ4v) is 4.87. The lowest BCUT2D eigenvalue weighted by atomic mass is 9.77. The minimum atomic E-state index is -0.963. The summed E-state index contributed by atoms with van der Waals surface area (Å²) in [4.78, 5) is 0. The number of halogens is 2. The highest BCUT2D eigenvalue weighted by Gasteiger charge is 2.22. The van der Waals surface area contributed by atoms with Crippen molar-refractivity contribution in [2.75, 3.05) is 6.61 Å². The van der Waals surface area contributed by atoms with Crippen LogP contribution in [0.5, 0.6) is 5.75 Å². The first kappa shape index (κ1) is 26.3. The summed E-state index contributed by atoms with van der Waals surface area (Å²) in [6.07, 6.45) is 15.2. The highest BCUT2D eigenvalue weighted by molar-refractivity contribution is 5.46. The van der Waals surface area contributed by atoms with E-state index in [0.717, 1.165) is 24.3 Å². The van der Waals surface area contributed by atoms with Gasteiger partial charge in [-0.3, -0.25) is 0 Å². The van der Waals surface area contributed by atoms with E-state index in [1.807, 2.05) is 19.1 Å². The van der Waals surface area contributed by atoms with Crippen LogP contribution >= 0.6 is 0 Å². The summed E-state index contributed by atoms with van der Waals surface area (Å²) in [5.41, 5.74) is 2.24. The van der Waals surface area contributed by atoms with E-state index in [9.17, 15) is 8.78 Å². The Morgan fingerprint density at radius 2 is 1.47 bits per heavy atom. The minimum Gasteiger partial charge on any atom is -0.490 e. The molecule has 3 heteroatoms. The van der Waals surface area contributed by atoms with E-state index in [1.54, 1.807) is 0 Å². The molecule has 34 heavy (non-hydrogen) atoms. The number of unbranched alkanes of at least 4 members (excludes halogenated alkanes) is 5. The van der Waals surface area contributed by atoms with Gasteiger partial charge in [0.05, 0.1) is 12.2 Å². The number of hydrogen-bond acceptors (Lipinski definition) is 1. The Kier molecular flexibility index (Phi) is 10.9. The van der Waals surface area contributed by atoms with Gasteiger partial charge in [0, 0.05) is 5.56 Å². The molecule has 0 radical (unpaired) electrons. The first-order valence-corrected chi connectivity index (χ1v) is 13.3. The second-order valence-electron chi connectivity index (χ2n) is 9.73. The Morgan fingerprint density at radius 3 is 2.18 bits per heavy atom. The van der Waals surface area contributed by atoms with Gasteiger partial charge in [-0.2, -0.15) is 4.39 Å². The van der Waals surface area contributed by atoms with Crippen molar-refractivity contribution in [1.29, 1.82) is 0 Å². The molecule has 1 aliphatic rings. The quantitative estimate of drug-likeness (QED) is 0.237. The van der Waals surface area contributed by atoms with Crippen molar-refractivity contribution in [3.63, 3.8) is 0 Å². The molecule has 0 heterocycles. The Hall–Kier alpha value is -2.34. The molecule has 0 bridgehead atoms. The van der Waals surface area contributed by atoms with Gasteiger partial charge in [-0.05, 0) is 73.8 Å². The molecule has 184 valence electrons. The summed E-state index contributed by atoms with van der Waals surface area (Å²) < 4.78 is 34.0. The van der Waals surface area contributed by atoms with Crippen LogP contribution in [0.25, 0.3) is 0 Å². The monoisotopic (exact) mass is 466 g/mol. The molecule has 1 saturated carbocycles. The lowest BCUT2D eigenvalue weighted by Gasteiger charge is -2.29. The van der Waals surface area contributed by atoms with Crippen LogP contribution in [0.1, 0.15) is 114 Å². The van der Waals surface area contributed by atoms with Gasteiger partial charge in [-0.15, -0.1) is 0 Å². The molecule has 0 spiro atoms. The molecular weight excluding hydrogens is 426 g/mol. The maximum atomic E-state index is 14.4. The Bertz CT molecular complexity index is 930. The Labute approximate surface area is 205 Å². The van der Waals surface area contributed by atoms with Crippen molar-refractivity contribution in [2.45, 2.75) is 96.8 Å². The van der Waals surface area contributed by atoms with Gasteiger partial charge in [-0.1, -0.05) is 82.8 Å². The zero-order chi connectivity index (χ0) is 24.2. The molecule has 0 atom stereocenters. The molecule has 1 fully saturated rings. The topological polar surface area (TPSA) is 9.23 Å². The Morgan fingerprint density at radius 1 is 0.765 bits per heavy atom. The van der Waals surface area contributed by atoms with E-state index in [2.05, 4.69) is 30.9 Å². The van der Waals surface area contributed by atoms with Gasteiger partial charge >= 0.3 is 0 Å². The van der Waals surface area contributed by atoms with Crippen LogP contribution in [0.4, 0.5) is 8.78 Å². The van der Waals surface area contributed by atoms with E-state index < -0.39 is 11.6 Å². The predicted octanol–water partition coefficient (Wildman–Crippen LogP) is 9.18. The lowest BCUT2D eigenvalue weighted by Crippen LogP contribution is -2.13. The summed E-state index contributed by atoms with van der Waals surface area (Å²) in [7, 11) is 0. The van der Waals surface area contributed by atoms with Crippen LogP contribution in [-0.4, -0.2) is 6.61 Å². The molecule has 0 saturated heterocycles. The molecule has 0 aliphatic heterocycles. The molecule has 0 N–H and O–H groups in total. The fraction of sp³-hybridized carbons (Fsp3) is 0.548. The minimum absolute atomic E-state index is 0.0490. The van der Waals surface area contributed by atoms with Crippen LogP contribution in [0.15, 0.2) is 36.4 Å². The molecule has 2 aromatic carbocycles. The fourth-order valence-electron chi connectivity index (χ4n) is 4.87. The second kappa shape index (κ2) is 14.1. The standard InChI is InChI=1S/C31H40F2O/c1-3-5-7-8-9-10-24-11-16-26(17-12-24)27-18-13-25(14-19-27)15-20-28-21-22-29(31(33)30(28)32)34-23-6-4-2/h13-14,18-19,21-22,24,26H,3-12,16-17,23H2,1-2H3/t24-,26-. The number of rotatable bonds is 11. The maximum absolute atomic E-state index is 14.4. The van der Waals surface area contributed by atoms with Gasteiger partial charge in [0.25, 0.3) is 0 Å². The molecule has 2 aromatic rings. The van der Waals surface area contributed by atoms with Crippen molar-refractivity contribution in [3.8, 4) is 17.6 Å². The van der Waals surface area contributed by atoms with Crippen LogP contribution < -0.4 is 4.74 Å².